The highest BCUT2D eigenvalue weighted by atomic mass is 19.4. The summed E-state index contributed by atoms with van der Waals surface area (Å²) in [5, 5.41) is 4.34. The van der Waals surface area contributed by atoms with Crippen LogP contribution in [-0.4, -0.2) is 18.6 Å². The first-order chi connectivity index (χ1) is 12.2. The number of nitrogens with one attached hydrogen (secondary N) is 2. The molecule has 0 bridgehead atoms. The number of esters is 1. The smallest absolute Gasteiger partial charge is 0.416 e. The fourth-order valence-corrected chi connectivity index (χ4v) is 1.99. The van der Waals surface area contributed by atoms with Crippen LogP contribution in [0.1, 0.15) is 22.8 Å². The van der Waals surface area contributed by atoms with Gasteiger partial charge in [0.1, 0.15) is 5.82 Å². The Bertz CT molecular complexity index is 805. The number of ether oxygens (including phenoxy) is 1. The molecule has 0 unspecified atom stereocenters. The molecule has 0 spiro atoms. The van der Waals surface area contributed by atoms with Gasteiger partial charge in [-0.25, -0.2) is 14.0 Å². The number of amides is 2. The van der Waals surface area contributed by atoms with Gasteiger partial charge in [-0.1, -0.05) is 0 Å². The highest BCUT2D eigenvalue weighted by molar-refractivity contribution is 6.00. The number of carbonyl (C=O) groups is 2. The third-order valence-corrected chi connectivity index (χ3v) is 3.20. The van der Waals surface area contributed by atoms with Crippen molar-refractivity contribution >= 4 is 23.4 Å². The van der Waals surface area contributed by atoms with Crippen molar-refractivity contribution in [2.24, 2.45) is 0 Å². The first kappa shape index (κ1) is 19.2. The third kappa shape index (κ3) is 4.95. The topological polar surface area (TPSA) is 67.4 Å². The van der Waals surface area contributed by atoms with Gasteiger partial charge < -0.3 is 15.4 Å². The summed E-state index contributed by atoms with van der Waals surface area (Å²) in [5.74, 6) is -1.54. The van der Waals surface area contributed by atoms with Gasteiger partial charge in [-0.05, 0) is 49.4 Å². The molecule has 5 nitrogen and oxygen atoms in total. The zero-order valence-electron chi connectivity index (χ0n) is 13.5. The van der Waals surface area contributed by atoms with Crippen molar-refractivity contribution in [3.05, 3.63) is 59.4 Å². The van der Waals surface area contributed by atoms with E-state index in [1.165, 1.54) is 24.3 Å². The molecule has 9 heteroatoms. The standard InChI is InChI=1S/C17H14F4N2O3/c1-2-26-15(24)10-3-6-12(7-4-10)22-16(25)23-14-9-11(17(19,20)21)5-8-13(14)18/h3-9H,2H2,1H3,(H2,22,23,25). The molecule has 26 heavy (non-hydrogen) atoms. The van der Waals surface area contributed by atoms with Crippen LogP contribution in [0.15, 0.2) is 42.5 Å². The maximum atomic E-state index is 13.6. The molecular weight excluding hydrogens is 356 g/mol. The van der Waals surface area contributed by atoms with Gasteiger partial charge in [0.05, 0.1) is 23.4 Å². The van der Waals surface area contributed by atoms with Crippen molar-refractivity contribution in [3.63, 3.8) is 0 Å². The third-order valence-electron chi connectivity index (χ3n) is 3.20. The Morgan fingerprint density at radius 3 is 2.27 bits per heavy atom. The lowest BCUT2D eigenvalue weighted by Gasteiger charge is -2.12. The summed E-state index contributed by atoms with van der Waals surface area (Å²) in [6, 6.07) is 6.35. The van der Waals surface area contributed by atoms with Gasteiger partial charge in [-0.15, -0.1) is 0 Å². The number of alkyl halides is 3. The second-order valence-electron chi connectivity index (χ2n) is 5.07. The van der Waals surface area contributed by atoms with Gasteiger partial charge >= 0.3 is 18.2 Å². The average molecular weight is 370 g/mol. The van der Waals surface area contributed by atoms with E-state index in [4.69, 9.17) is 4.74 Å². The molecule has 0 aliphatic heterocycles. The van der Waals surface area contributed by atoms with Gasteiger partial charge in [-0.2, -0.15) is 13.2 Å². The molecule has 2 rings (SSSR count). The van der Waals surface area contributed by atoms with Crippen molar-refractivity contribution < 1.29 is 31.9 Å². The Hall–Kier alpha value is -3.10. The minimum Gasteiger partial charge on any atom is -0.462 e. The van der Waals surface area contributed by atoms with E-state index in [0.29, 0.717) is 18.2 Å². The van der Waals surface area contributed by atoms with Gasteiger partial charge in [-0.3, -0.25) is 0 Å². The van der Waals surface area contributed by atoms with Crippen molar-refractivity contribution in [2.45, 2.75) is 13.1 Å². The molecule has 2 N–H and O–H groups in total. The summed E-state index contributed by atoms with van der Waals surface area (Å²) in [6.45, 7) is 1.87. The molecule has 0 saturated carbocycles. The van der Waals surface area contributed by atoms with Crippen molar-refractivity contribution in [1.82, 2.24) is 0 Å². The van der Waals surface area contributed by atoms with Crippen molar-refractivity contribution in [1.29, 1.82) is 0 Å². The average Bonchev–Trinajstić information content (AvgIpc) is 2.56. The minimum absolute atomic E-state index is 0.212. The molecule has 0 aliphatic carbocycles. The second kappa shape index (κ2) is 7.85. The predicted octanol–water partition coefficient (Wildman–Crippen LogP) is 4.67. The van der Waals surface area contributed by atoms with E-state index in [1.807, 2.05) is 5.32 Å². The van der Waals surface area contributed by atoms with Gasteiger partial charge in [0, 0.05) is 5.69 Å². The first-order valence-electron chi connectivity index (χ1n) is 7.42. The number of benzene rings is 2. The zero-order valence-corrected chi connectivity index (χ0v) is 13.5. The monoisotopic (exact) mass is 370 g/mol. The molecule has 2 amide bonds. The fraction of sp³-hybridized carbons (Fsp3) is 0.176. The molecule has 0 heterocycles. The molecule has 2 aromatic carbocycles. The van der Waals surface area contributed by atoms with Crippen molar-refractivity contribution in [3.8, 4) is 0 Å². The Balaban J connectivity index is 2.06. The molecule has 2 aromatic rings. The lowest BCUT2D eigenvalue weighted by atomic mass is 10.2. The Labute approximate surface area is 146 Å². The molecule has 0 aromatic heterocycles. The zero-order chi connectivity index (χ0) is 19.3. The van der Waals surface area contributed by atoms with E-state index < -0.39 is 35.2 Å². The number of urea groups is 1. The lowest BCUT2D eigenvalue weighted by molar-refractivity contribution is -0.137. The van der Waals surface area contributed by atoms with E-state index in [0.717, 1.165) is 0 Å². The van der Waals surface area contributed by atoms with Crippen LogP contribution < -0.4 is 10.6 Å². The molecule has 138 valence electrons. The summed E-state index contributed by atoms with van der Waals surface area (Å²) in [4.78, 5) is 23.4. The molecule has 0 aliphatic rings. The van der Waals surface area contributed by atoms with E-state index in [9.17, 15) is 27.2 Å². The van der Waals surface area contributed by atoms with E-state index in [2.05, 4.69) is 5.32 Å². The van der Waals surface area contributed by atoms with Gasteiger partial charge in [0.2, 0.25) is 0 Å². The van der Waals surface area contributed by atoms with Crippen LogP contribution in [-0.2, 0) is 10.9 Å². The molecule has 0 fully saturated rings. The molecular formula is C17H14F4N2O3. The maximum Gasteiger partial charge on any atom is 0.416 e. The van der Waals surface area contributed by atoms with Crippen molar-refractivity contribution in [2.75, 3.05) is 17.2 Å². The summed E-state index contributed by atoms with van der Waals surface area (Å²) in [6.07, 6.45) is -4.66. The SMILES string of the molecule is CCOC(=O)c1ccc(NC(=O)Nc2cc(C(F)(F)F)ccc2F)cc1. The summed E-state index contributed by atoms with van der Waals surface area (Å²) in [5.41, 5.74) is -1.18. The van der Waals surface area contributed by atoms with Crippen LogP contribution in [0.2, 0.25) is 0 Å². The maximum absolute atomic E-state index is 13.6. The molecule has 0 radical (unpaired) electrons. The number of carbonyl (C=O) groups excluding carboxylic acids is 2. The van der Waals surface area contributed by atoms with Crippen LogP contribution >= 0.6 is 0 Å². The Morgan fingerprint density at radius 1 is 1.04 bits per heavy atom. The highest BCUT2D eigenvalue weighted by Gasteiger charge is 2.31. The summed E-state index contributed by atoms with van der Waals surface area (Å²) in [7, 11) is 0. The Kier molecular flexibility index (Phi) is 5.81. The van der Waals surface area contributed by atoms with Crippen LogP contribution in [0, 0.1) is 5.82 Å². The molecule has 0 saturated heterocycles. The lowest BCUT2D eigenvalue weighted by Crippen LogP contribution is -2.20. The van der Waals surface area contributed by atoms with Crippen LogP contribution in [0.25, 0.3) is 0 Å². The minimum atomic E-state index is -4.66. The predicted molar refractivity (Wildman–Crippen MR) is 86.4 cm³/mol. The summed E-state index contributed by atoms with van der Waals surface area (Å²) < 4.78 is 56.4. The number of hydrogen-bond donors (Lipinski definition) is 2. The fourth-order valence-electron chi connectivity index (χ4n) is 1.99. The molecule has 0 atom stereocenters. The quantitative estimate of drug-likeness (QED) is 0.607. The summed E-state index contributed by atoms with van der Waals surface area (Å²) >= 11 is 0. The second-order valence-corrected chi connectivity index (χ2v) is 5.07. The number of halogens is 4. The van der Waals surface area contributed by atoms with E-state index >= 15 is 0 Å². The Morgan fingerprint density at radius 2 is 1.69 bits per heavy atom. The number of anilines is 2. The largest absolute Gasteiger partial charge is 0.462 e. The van der Waals surface area contributed by atoms with E-state index in [-0.39, 0.29) is 17.9 Å². The van der Waals surface area contributed by atoms with Crippen LogP contribution in [0.3, 0.4) is 0 Å². The van der Waals surface area contributed by atoms with Gasteiger partial charge in [0.25, 0.3) is 0 Å². The number of hydrogen-bond acceptors (Lipinski definition) is 3. The van der Waals surface area contributed by atoms with Crippen LogP contribution in [0.4, 0.5) is 33.7 Å². The van der Waals surface area contributed by atoms with E-state index in [1.54, 1.807) is 6.92 Å². The normalized spacial score (nSPS) is 11.0. The highest BCUT2D eigenvalue weighted by Crippen LogP contribution is 2.31. The van der Waals surface area contributed by atoms with Crippen LogP contribution in [0.5, 0.6) is 0 Å². The first-order valence-corrected chi connectivity index (χ1v) is 7.42. The van der Waals surface area contributed by atoms with Gasteiger partial charge in [0.15, 0.2) is 0 Å². The number of rotatable bonds is 4.